The Morgan fingerprint density at radius 2 is 1.88 bits per heavy atom. The lowest BCUT2D eigenvalue weighted by Crippen LogP contribution is -2.44. The van der Waals surface area contributed by atoms with E-state index >= 15 is 0 Å². The predicted octanol–water partition coefficient (Wildman–Crippen LogP) is 1.87. The molecule has 17 heavy (non-hydrogen) atoms. The van der Waals surface area contributed by atoms with Crippen LogP contribution in [0.5, 0.6) is 0 Å². The van der Waals surface area contributed by atoms with E-state index in [1.165, 1.54) is 7.11 Å². The van der Waals surface area contributed by atoms with Gasteiger partial charge in [0.2, 0.25) is 0 Å². The Morgan fingerprint density at radius 3 is 2.35 bits per heavy atom. The zero-order valence-corrected chi connectivity index (χ0v) is 10.8. The highest BCUT2D eigenvalue weighted by atomic mass is 16.5. The van der Waals surface area contributed by atoms with Crippen LogP contribution in [0.4, 0.5) is 5.69 Å². The highest BCUT2D eigenvalue weighted by Crippen LogP contribution is 2.16. The zero-order chi connectivity index (χ0) is 13.1. The molecular formula is C13H20N2O2. The van der Waals surface area contributed by atoms with Gasteiger partial charge in [-0.1, -0.05) is 12.1 Å². The molecule has 3 N–H and O–H groups in total. The fourth-order valence-corrected chi connectivity index (χ4v) is 1.33. The van der Waals surface area contributed by atoms with Crippen LogP contribution < -0.4 is 11.1 Å². The summed E-state index contributed by atoms with van der Waals surface area (Å²) < 4.78 is 5.12. The van der Waals surface area contributed by atoms with Gasteiger partial charge in [-0.05, 0) is 38.5 Å². The highest BCUT2D eigenvalue weighted by molar-refractivity contribution is 5.84. The summed E-state index contributed by atoms with van der Waals surface area (Å²) in [6, 6.07) is 7.37. The van der Waals surface area contributed by atoms with Gasteiger partial charge < -0.3 is 15.8 Å². The molecule has 0 bridgehead atoms. The maximum atomic E-state index is 11.9. The molecule has 0 saturated heterocycles. The number of nitrogens with two attached hydrogens (primary N) is 1. The number of nitrogen functional groups attached to an aromatic ring is 1. The first kappa shape index (κ1) is 13.5. The van der Waals surface area contributed by atoms with Crippen LogP contribution in [-0.2, 0) is 9.53 Å². The second-order valence-corrected chi connectivity index (χ2v) is 4.58. The number of carbonyl (C=O) groups excluding carboxylic acids is 1. The van der Waals surface area contributed by atoms with Gasteiger partial charge in [-0.15, -0.1) is 0 Å². The Hall–Kier alpha value is -1.55. The normalized spacial score (nSPS) is 13.2. The second kappa shape index (κ2) is 5.19. The molecule has 1 aromatic carbocycles. The number of carbonyl (C=O) groups is 1. The summed E-state index contributed by atoms with van der Waals surface area (Å²) in [5.74, 6) is -0.135. The summed E-state index contributed by atoms with van der Waals surface area (Å²) in [5, 5.41) is 2.90. The molecule has 4 nitrogen and oxygen atoms in total. The van der Waals surface area contributed by atoms with E-state index in [2.05, 4.69) is 5.32 Å². The van der Waals surface area contributed by atoms with E-state index in [0.717, 1.165) is 5.56 Å². The largest absolute Gasteiger partial charge is 0.399 e. The lowest BCUT2D eigenvalue weighted by atomic mass is 10.1. The first-order chi connectivity index (χ1) is 7.86. The van der Waals surface area contributed by atoms with Crippen molar-refractivity contribution in [2.75, 3.05) is 12.8 Å². The minimum Gasteiger partial charge on any atom is -0.399 e. The molecule has 1 unspecified atom stereocenters. The molecule has 0 aliphatic carbocycles. The zero-order valence-electron chi connectivity index (χ0n) is 10.8. The second-order valence-electron chi connectivity index (χ2n) is 4.58. The maximum absolute atomic E-state index is 11.9. The van der Waals surface area contributed by atoms with Crippen LogP contribution in [0.2, 0.25) is 0 Å². The molecule has 0 spiro atoms. The SMILES string of the molecule is COC(C)(C)C(=O)NC(C)c1ccc(N)cc1. The van der Waals surface area contributed by atoms with Crippen molar-refractivity contribution in [2.24, 2.45) is 0 Å². The molecule has 0 aliphatic heterocycles. The van der Waals surface area contributed by atoms with Gasteiger partial charge in [-0.3, -0.25) is 4.79 Å². The van der Waals surface area contributed by atoms with Gasteiger partial charge in [0, 0.05) is 12.8 Å². The van der Waals surface area contributed by atoms with Crippen molar-refractivity contribution in [1.29, 1.82) is 0 Å². The first-order valence-electron chi connectivity index (χ1n) is 5.58. The number of anilines is 1. The minimum absolute atomic E-state index is 0.0717. The lowest BCUT2D eigenvalue weighted by molar-refractivity contribution is -0.140. The first-order valence-corrected chi connectivity index (χ1v) is 5.58. The van der Waals surface area contributed by atoms with Gasteiger partial charge in [-0.25, -0.2) is 0 Å². The molecule has 94 valence electrons. The molecule has 0 aliphatic rings. The number of hydrogen-bond acceptors (Lipinski definition) is 3. The van der Waals surface area contributed by atoms with Gasteiger partial charge in [0.1, 0.15) is 5.60 Å². The Bertz CT molecular complexity index is 385. The van der Waals surface area contributed by atoms with Crippen LogP contribution in [0, 0.1) is 0 Å². The van der Waals surface area contributed by atoms with Gasteiger partial charge in [0.05, 0.1) is 6.04 Å². The third kappa shape index (κ3) is 3.46. The topological polar surface area (TPSA) is 64.3 Å². The summed E-state index contributed by atoms with van der Waals surface area (Å²) >= 11 is 0. The van der Waals surface area contributed by atoms with Crippen molar-refractivity contribution in [2.45, 2.75) is 32.4 Å². The van der Waals surface area contributed by atoms with Crippen LogP contribution in [0.15, 0.2) is 24.3 Å². The van der Waals surface area contributed by atoms with E-state index in [9.17, 15) is 4.79 Å². The lowest BCUT2D eigenvalue weighted by Gasteiger charge is -2.24. The van der Waals surface area contributed by atoms with Crippen LogP contribution in [-0.4, -0.2) is 18.6 Å². The molecule has 1 aromatic rings. The summed E-state index contributed by atoms with van der Waals surface area (Å²) in [6.07, 6.45) is 0. The summed E-state index contributed by atoms with van der Waals surface area (Å²) in [6.45, 7) is 5.39. The Morgan fingerprint density at radius 1 is 1.35 bits per heavy atom. The maximum Gasteiger partial charge on any atom is 0.252 e. The third-order valence-electron chi connectivity index (χ3n) is 2.84. The average molecular weight is 236 g/mol. The molecule has 1 atom stereocenters. The number of nitrogens with one attached hydrogen (secondary N) is 1. The average Bonchev–Trinajstić information content (AvgIpc) is 2.29. The number of benzene rings is 1. The van der Waals surface area contributed by atoms with E-state index < -0.39 is 5.60 Å². The van der Waals surface area contributed by atoms with Crippen LogP contribution >= 0.6 is 0 Å². The standard InChI is InChI=1S/C13H20N2O2/c1-9(10-5-7-11(14)8-6-10)15-12(16)13(2,3)17-4/h5-9H,14H2,1-4H3,(H,15,16). The predicted molar refractivity (Wildman–Crippen MR) is 68.5 cm³/mol. The van der Waals surface area contributed by atoms with E-state index in [1.54, 1.807) is 13.8 Å². The molecule has 0 radical (unpaired) electrons. The number of methoxy groups -OCH3 is 1. The molecule has 0 fully saturated rings. The molecule has 4 heteroatoms. The summed E-state index contributed by atoms with van der Waals surface area (Å²) in [7, 11) is 1.52. The molecule has 0 saturated carbocycles. The van der Waals surface area contributed by atoms with Crippen molar-refractivity contribution < 1.29 is 9.53 Å². The van der Waals surface area contributed by atoms with Crippen LogP contribution in [0.25, 0.3) is 0 Å². The van der Waals surface area contributed by atoms with Gasteiger partial charge in [-0.2, -0.15) is 0 Å². The Kier molecular flexibility index (Phi) is 4.12. The fraction of sp³-hybridized carbons (Fsp3) is 0.462. The van der Waals surface area contributed by atoms with Crippen molar-refractivity contribution in [1.82, 2.24) is 5.32 Å². The minimum atomic E-state index is -0.817. The molecule has 0 aromatic heterocycles. The van der Waals surface area contributed by atoms with Crippen molar-refractivity contribution in [3.63, 3.8) is 0 Å². The van der Waals surface area contributed by atoms with Crippen molar-refractivity contribution in [3.05, 3.63) is 29.8 Å². The van der Waals surface area contributed by atoms with Crippen molar-refractivity contribution in [3.8, 4) is 0 Å². The molecule has 1 amide bonds. The van der Waals surface area contributed by atoms with E-state index in [4.69, 9.17) is 10.5 Å². The molecular weight excluding hydrogens is 216 g/mol. The molecule has 1 rings (SSSR count). The fourth-order valence-electron chi connectivity index (χ4n) is 1.33. The Labute approximate surface area is 102 Å². The van der Waals surface area contributed by atoms with Gasteiger partial charge in [0.25, 0.3) is 5.91 Å². The number of rotatable bonds is 4. The number of ether oxygens (including phenoxy) is 1. The summed E-state index contributed by atoms with van der Waals surface area (Å²) in [5.41, 5.74) is 6.52. The van der Waals surface area contributed by atoms with E-state index in [-0.39, 0.29) is 11.9 Å². The van der Waals surface area contributed by atoms with Gasteiger partial charge >= 0.3 is 0 Å². The monoisotopic (exact) mass is 236 g/mol. The smallest absolute Gasteiger partial charge is 0.252 e. The van der Waals surface area contributed by atoms with Crippen LogP contribution in [0.1, 0.15) is 32.4 Å². The Balaban J connectivity index is 2.70. The van der Waals surface area contributed by atoms with Crippen molar-refractivity contribution >= 4 is 11.6 Å². The van der Waals surface area contributed by atoms with E-state index in [0.29, 0.717) is 5.69 Å². The highest BCUT2D eigenvalue weighted by Gasteiger charge is 2.28. The van der Waals surface area contributed by atoms with E-state index in [1.807, 2.05) is 31.2 Å². The molecule has 0 heterocycles. The van der Waals surface area contributed by atoms with Gasteiger partial charge in [0.15, 0.2) is 0 Å². The summed E-state index contributed by atoms with van der Waals surface area (Å²) in [4.78, 5) is 11.9. The number of hydrogen-bond donors (Lipinski definition) is 2. The number of amides is 1. The quantitative estimate of drug-likeness (QED) is 0.784. The van der Waals surface area contributed by atoms with Crippen LogP contribution in [0.3, 0.4) is 0 Å². The third-order valence-corrected chi connectivity index (χ3v) is 2.84.